The van der Waals surface area contributed by atoms with E-state index >= 15 is 0 Å². The van der Waals surface area contributed by atoms with Crippen molar-refractivity contribution in [1.29, 1.82) is 0 Å². The molecule has 28 heavy (non-hydrogen) atoms. The monoisotopic (exact) mass is 431 g/mol. The fraction of sp³-hybridized carbons (Fsp3) is 0.120. The van der Waals surface area contributed by atoms with E-state index in [2.05, 4.69) is 57.6 Å². The molecule has 0 aliphatic rings. The van der Waals surface area contributed by atoms with Crippen LogP contribution in [0.15, 0.2) is 102 Å². The SMILES string of the molecule is OC(CC(Nc1ccc(Br)cc1)c1ccccc1)c1ccc2ccccc2c1. The number of hydrogen-bond donors (Lipinski definition) is 2. The maximum absolute atomic E-state index is 11.0. The minimum atomic E-state index is -0.558. The smallest absolute Gasteiger partial charge is 0.0813 e. The summed E-state index contributed by atoms with van der Waals surface area (Å²) in [5.41, 5.74) is 3.13. The molecule has 0 amide bonds. The van der Waals surface area contributed by atoms with Crippen LogP contribution < -0.4 is 5.32 Å². The Labute approximate surface area is 174 Å². The standard InChI is InChI=1S/C25H22BrNO/c26-22-12-14-23(15-13-22)27-24(19-7-2-1-3-8-19)17-25(28)21-11-10-18-6-4-5-9-20(18)16-21/h1-16,24-25,27-28H,17H2. The molecule has 0 saturated carbocycles. The van der Waals surface area contributed by atoms with Crippen LogP contribution in [-0.4, -0.2) is 5.11 Å². The normalized spacial score (nSPS) is 13.2. The Hall–Kier alpha value is -2.62. The predicted octanol–water partition coefficient (Wildman–Crippen LogP) is 6.88. The number of rotatable bonds is 6. The van der Waals surface area contributed by atoms with E-state index in [9.17, 15) is 5.11 Å². The van der Waals surface area contributed by atoms with Crippen molar-refractivity contribution >= 4 is 32.4 Å². The molecule has 0 aliphatic carbocycles. The van der Waals surface area contributed by atoms with E-state index in [-0.39, 0.29) is 6.04 Å². The summed E-state index contributed by atoms with van der Waals surface area (Å²) < 4.78 is 1.05. The molecular weight excluding hydrogens is 410 g/mol. The van der Waals surface area contributed by atoms with Crippen LogP contribution in [0.4, 0.5) is 5.69 Å². The lowest BCUT2D eigenvalue weighted by Gasteiger charge is -2.24. The minimum absolute atomic E-state index is 0.00356. The van der Waals surface area contributed by atoms with Crippen molar-refractivity contribution in [3.8, 4) is 0 Å². The Kier molecular flexibility index (Phi) is 5.75. The average molecular weight is 432 g/mol. The number of benzene rings is 4. The van der Waals surface area contributed by atoms with Gasteiger partial charge in [-0.05, 0) is 52.2 Å². The highest BCUT2D eigenvalue weighted by Gasteiger charge is 2.18. The van der Waals surface area contributed by atoms with Gasteiger partial charge in [0.1, 0.15) is 0 Å². The van der Waals surface area contributed by atoms with Gasteiger partial charge in [0.15, 0.2) is 0 Å². The van der Waals surface area contributed by atoms with Gasteiger partial charge >= 0.3 is 0 Å². The van der Waals surface area contributed by atoms with Gasteiger partial charge in [-0.2, -0.15) is 0 Å². The van der Waals surface area contributed by atoms with Gasteiger partial charge in [-0.15, -0.1) is 0 Å². The molecule has 2 N–H and O–H groups in total. The maximum Gasteiger partial charge on any atom is 0.0813 e. The molecular formula is C25H22BrNO. The first-order valence-electron chi connectivity index (χ1n) is 9.43. The number of aliphatic hydroxyl groups is 1. The zero-order chi connectivity index (χ0) is 19.3. The van der Waals surface area contributed by atoms with Crippen molar-refractivity contribution in [2.75, 3.05) is 5.32 Å². The van der Waals surface area contributed by atoms with Crippen molar-refractivity contribution < 1.29 is 5.11 Å². The maximum atomic E-state index is 11.0. The van der Waals surface area contributed by atoms with Crippen molar-refractivity contribution in [3.63, 3.8) is 0 Å². The zero-order valence-corrected chi connectivity index (χ0v) is 17.0. The average Bonchev–Trinajstić information content (AvgIpc) is 2.75. The fourth-order valence-corrected chi connectivity index (χ4v) is 3.75. The summed E-state index contributed by atoms with van der Waals surface area (Å²) in [6.45, 7) is 0. The molecule has 0 saturated heterocycles. The van der Waals surface area contributed by atoms with Gasteiger partial charge < -0.3 is 10.4 Å². The van der Waals surface area contributed by atoms with Crippen molar-refractivity contribution in [1.82, 2.24) is 0 Å². The van der Waals surface area contributed by atoms with Gasteiger partial charge in [-0.3, -0.25) is 0 Å². The summed E-state index contributed by atoms with van der Waals surface area (Å²) >= 11 is 3.48. The molecule has 0 aromatic heterocycles. The molecule has 0 aliphatic heterocycles. The van der Waals surface area contributed by atoms with Crippen LogP contribution in [0, 0.1) is 0 Å². The summed E-state index contributed by atoms with van der Waals surface area (Å²) in [4.78, 5) is 0. The summed E-state index contributed by atoms with van der Waals surface area (Å²) in [6, 6.07) is 32.8. The molecule has 4 rings (SSSR count). The lowest BCUT2D eigenvalue weighted by molar-refractivity contribution is 0.161. The van der Waals surface area contributed by atoms with Gasteiger partial charge in [-0.25, -0.2) is 0 Å². The van der Waals surface area contributed by atoms with Crippen LogP contribution in [0.5, 0.6) is 0 Å². The highest BCUT2D eigenvalue weighted by molar-refractivity contribution is 9.10. The first-order valence-corrected chi connectivity index (χ1v) is 10.2. The largest absolute Gasteiger partial charge is 0.388 e. The third kappa shape index (κ3) is 4.44. The Morgan fingerprint density at radius 2 is 1.39 bits per heavy atom. The summed E-state index contributed by atoms with van der Waals surface area (Å²) in [5, 5.41) is 16.9. The van der Waals surface area contributed by atoms with Gasteiger partial charge in [0.25, 0.3) is 0 Å². The molecule has 0 bridgehead atoms. The predicted molar refractivity (Wildman–Crippen MR) is 120 cm³/mol. The lowest BCUT2D eigenvalue weighted by Crippen LogP contribution is -2.14. The second-order valence-electron chi connectivity index (χ2n) is 6.97. The second-order valence-corrected chi connectivity index (χ2v) is 7.89. The molecule has 0 radical (unpaired) electrons. The Morgan fingerprint density at radius 1 is 0.714 bits per heavy atom. The van der Waals surface area contributed by atoms with Crippen molar-refractivity contribution in [2.45, 2.75) is 18.6 Å². The van der Waals surface area contributed by atoms with E-state index < -0.39 is 6.10 Å². The summed E-state index contributed by atoms with van der Waals surface area (Å²) in [6.07, 6.45) is 0.0241. The third-order valence-electron chi connectivity index (χ3n) is 5.00. The van der Waals surface area contributed by atoms with Crippen LogP contribution in [0.1, 0.15) is 29.7 Å². The number of aliphatic hydroxyl groups excluding tert-OH is 1. The summed E-state index contributed by atoms with van der Waals surface area (Å²) in [5.74, 6) is 0. The third-order valence-corrected chi connectivity index (χ3v) is 5.53. The lowest BCUT2D eigenvalue weighted by atomic mass is 9.95. The van der Waals surface area contributed by atoms with Gasteiger partial charge in [0, 0.05) is 16.6 Å². The van der Waals surface area contributed by atoms with Gasteiger partial charge in [0.2, 0.25) is 0 Å². The number of anilines is 1. The molecule has 4 aromatic carbocycles. The molecule has 0 heterocycles. The Morgan fingerprint density at radius 3 is 2.14 bits per heavy atom. The van der Waals surface area contributed by atoms with E-state index in [4.69, 9.17) is 0 Å². The van der Waals surface area contributed by atoms with Crippen LogP contribution in [-0.2, 0) is 0 Å². The molecule has 140 valence electrons. The molecule has 2 atom stereocenters. The highest BCUT2D eigenvalue weighted by atomic mass is 79.9. The zero-order valence-electron chi connectivity index (χ0n) is 15.4. The first-order chi connectivity index (χ1) is 13.7. The van der Waals surface area contributed by atoms with Crippen LogP contribution >= 0.6 is 15.9 Å². The van der Waals surface area contributed by atoms with Crippen molar-refractivity contribution in [2.24, 2.45) is 0 Å². The molecule has 4 aromatic rings. The second kappa shape index (κ2) is 8.59. The highest BCUT2D eigenvalue weighted by Crippen LogP contribution is 2.31. The van der Waals surface area contributed by atoms with Crippen LogP contribution in [0.25, 0.3) is 10.8 Å². The quantitative estimate of drug-likeness (QED) is 0.348. The molecule has 3 heteroatoms. The molecule has 0 spiro atoms. The van der Waals surface area contributed by atoms with Gasteiger partial charge in [0.05, 0.1) is 12.1 Å². The van der Waals surface area contributed by atoms with E-state index in [1.54, 1.807) is 0 Å². The minimum Gasteiger partial charge on any atom is -0.388 e. The molecule has 2 nitrogen and oxygen atoms in total. The van der Waals surface area contributed by atoms with Crippen LogP contribution in [0.2, 0.25) is 0 Å². The number of halogens is 1. The molecule has 0 fully saturated rings. The molecule has 2 unspecified atom stereocenters. The number of hydrogen-bond acceptors (Lipinski definition) is 2. The Balaban J connectivity index is 1.59. The number of fused-ring (bicyclic) bond motifs is 1. The van der Waals surface area contributed by atoms with E-state index in [1.807, 2.05) is 60.7 Å². The van der Waals surface area contributed by atoms with Crippen LogP contribution in [0.3, 0.4) is 0 Å². The topological polar surface area (TPSA) is 32.3 Å². The first kappa shape index (κ1) is 18.7. The van der Waals surface area contributed by atoms with E-state index in [0.29, 0.717) is 6.42 Å². The van der Waals surface area contributed by atoms with Crippen molar-refractivity contribution in [3.05, 3.63) is 113 Å². The van der Waals surface area contributed by atoms with E-state index in [1.165, 1.54) is 5.39 Å². The summed E-state index contributed by atoms with van der Waals surface area (Å²) in [7, 11) is 0. The number of nitrogens with one attached hydrogen (secondary N) is 1. The van der Waals surface area contributed by atoms with Gasteiger partial charge in [-0.1, -0.05) is 82.7 Å². The Bertz CT molecular complexity index is 1050. The fourth-order valence-electron chi connectivity index (χ4n) is 3.49. The van der Waals surface area contributed by atoms with E-state index in [0.717, 1.165) is 26.7 Å².